The van der Waals surface area contributed by atoms with Crippen molar-refractivity contribution >= 4 is 28.4 Å². The highest BCUT2D eigenvalue weighted by Crippen LogP contribution is 2.15. The smallest absolute Gasteiger partial charge is 0.254 e. The Bertz CT molecular complexity index is 134. The Morgan fingerprint density at radius 2 is 1.90 bits per heavy atom. The van der Waals surface area contributed by atoms with Crippen molar-refractivity contribution in [2.24, 2.45) is 0 Å². The van der Waals surface area contributed by atoms with Gasteiger partial charge in [-0.1, -0.05) is 11.6 Å². The molecule has 0 amide bonds. The Balaban J connectivity index is 2.39. The van der Waals surface area contributed by atoms with Gasteiger partial charge in [0, 0.05) is 13.1 Å². The van der Waals surface area contributed by atoms with Crippen LogP contribution in [-0.2, 0) is 4.79 Å². The number of nitrogens with zero attached hydrogens (tertiary/aromatic N) is 1. The van der Waals surface area contributed by atoms with Crippen molar-refractivity contribution in [2.45, 2.75) is 18.3 Å². The molecule has 0 aromatic heterocycles. The number of alkyl halides is 1. The quantitative estimate of drug-likeness (QED) is 0.365. The largest absolute Gasteiger partial charge is 0.280 e. The molecule has 10 heavy (non-hydrogen) atoms. The van der Waals surface area contributed by atoms with E-state index in [1.54, 1.807) is 0 Å². The van der Waals surface area contributed by atoms with Crippen LogP contribution in [0.15, 0.2) is 0 Å². The van der Waals surface area contributed by atoms with Gasteiger partial charge in [-0.15, -0.1) is 0 Å². The molecule has 2 nitrogen and oxygen atoms in total. The Morgan fingerprint density at radius 3 is 2.30 bits per heavy atom. The summed E-state index contributed by atoms with van der Waals surface area (Å²) in [6.07, 6.45) is 2.24. The summed E-state index contributed by atoms with van der Waals surface area (Å²) in [5.74, 6) is 0. The Hall–Kier alpha value is 0.210. The van der Waals surface area contributed by atoms with Gasteiger partial charge >= 0.3 is 0 Å². The van der Waals surface area contributed by atoms with E-state index in [2.05, 4.69) is 0 Å². The Labute approximate surface area is 70.1 Å². The van der Waals surface area contributed by atoms with Crippen molar-refractivity contribution in [3.63, 3.8) is 0 Å². The zero-order valence-corrected chi connectivity index (χ0v) is 7.03. The molecule has 58 valence electrons. The van der Waals surface area contributed by atoms with Gasteiger partial charge < -0.3 is 0 Å². The van der Waals surface area contributed by atoms with Gasteiger partial charge in [-0.05, 0) is 24.4 Å². The number of halogens is 2. The molecule has 0 bridgehead atoms. The third-order valence-electron chi connectivity index (χ3n) is 1.65. The molecule has 0 saturated carbocycles. The fourth-order valence-electron chi connectivity index (χ4n) is 1.11. The van der Waals surface area contributed by atoms with Crippen molar-refractivity contribution in [3.8, 4) is 0 Å². The van der Waals surface area contributed by atoms with E-state index >= 15 is 0 Å². The molecule has 1 unspecified atom stereocenters. The second kappa shape index (κ2) is 3.56. The number of hydrogen-bond acceptors (Lipinski definition) is 2. The summed E-state index contributed by atoms with van der Waals surface area (Å²) >= 11 is 10.9. The minimum absolute atomic E-state index is 0.469. The highest BCUT2D eigenvalue weighted by Gasteiger charge is 2.23. The molecule has 0 aliphatic carbocycles. The molecule has 4 heteroatoms. The zero-order chi connectivity index (χ0) is 7.56. The van der Waals surface area contributed by atoms with Crippen LogP contribution >= 0.6 is 23.2 Å². The van der Waals surface area contributed by atoms with Crippen molar-refractivity contribution in [3.05, 3.63) is 0 Å². The van der Waals surface area contributed by atoms with Gasteiger partial charge in [-0.25, -0.2) is 0 Å². The van der Waals surface area contributed by atoms with E-state index in [4.69, 9.17) is 23.2 Å². The molecule has 1 rings (SSSR count). The predicted octanol–water partition coefficient (Wildman–Crippen LogP) is 1.41. The number of likely N-dealkylation sites (tertiary alicyclic amines) is 1. The first-order valence-electron chi connectivity index (χ1n) is 3.29. The summed E-state index contributed by atoms with van der Waals surface area (Å²) in [4.78, 5) is 12.4. The molecule has 0 aromatic carbocycles. The van der Waals surface area contributed by atoms with Crippen LogP contribution in [0.25, 0.3) is 0 Å². The highest BCUT2D eigenvalue weighted by atomic mass is 35.5. The standard InChI is InChI=1S/C6H9Cl2NO/c7-5(6(8)10)9-3-1-2-4-9/h5H,1-4H2. The maximum Gasteiger partial charge on any atom is 0.254 e. The monoisotopic (exact) mass is 181 g/mol. The van der Waals surface area contributed by atoms with Crippen LogP contribution in [0, 0.1) is 0 Å². The average molecular weight is 182 g/mol. The van der Waals surface area contributed by atoms with E-state index < -0.39 is 10.7 Å². The summed E-state index contributed by atoms with van der Waals surface area (Å²) in [6.45, 7) is 1.79. The summed E-state index contributed by atoms with van der Waals surface area (Å²) in [7, 11) is 0. The van der Waals surface area contributed by atoms with Crippen LogP contribution < -0.4 is 0 Å². The lowest BCUT2D eigenvalue weighted by Gasteiger charge is -2.16. The lowest BCUT2D eigenvalue weighted by Crippen LogP contribution is -2.32. The van der Waals surface area contributed by atoms with Gasteiger partial charge in [0.15, 0.2) is 5.50 Å². The van der Waals surface area contributed by atoms with E-state index in [0.717, 1.165) is 25.9 Å². The fraction of sp³-hybridized carbons (Fsp3) is 0.833. The fourth-order valence-corrected chi connectivity index (χ4v) is 1.45. The maximum absolute atomic E-state index is 10.5. The maximum atomic E-state index is 10.5. The minimum Gasteiger partial charge on any atom is -0.280 e. The van der Waals surface area contributed by atoms with Crippen molar-refractivity contribution in [2.75, 3.05) is 13.1 Å². The summed E-state index contributed by atoms with van der Waals surface area (Å²) in [6, 6.07) is 0. The van der Waals surface area contributed by atoms with E-state index in [0.29, 0.717) is 0 Å². The molecule has 1 saturated heterocycles. The van der Waals surface area contributed by atoms with Crippen molar-refractivity contribution < 1.29 is 4.79 Å². The normalized spacial score (nSPS) is 23.0. The van der Waals surface area contributed by atoms with Crippen molar-refractivity contribution in [1.82, 2.24) is 4.90 Å². The van der Waals surface area contributed by atoms with E-state index in [1.165, 1.54) is 0 Å². The van der Waals surface area contributed by atoms with Crippen LogP contribution in [0.4, 0.5) is 0 Å². The molecule has 0 radical (unpaired) electrons. The molecule has 0 N–H and O–H groups in total. The van der Waals surface area contributed by atoms with Crippen LogP contribution in [0.5, 0.6) is 0 Å². The van der Waals surface area contributed by atoms with Gasteiger partial charge in [0.25, 0.3) is 5.24 Å². The molecule has 1 atom stereocenters. The van der Waals surface area contributed by atoms with Gasteiger partial charge in [-0.3, -0.25) is 9.69 Å². The first kappa shape index (κ1) is 8.31. The van der Waals surface area contributed by atoms with Crippen LogP contribution in [0.2, 0.25) is 0 Å². The summed E-state index contributed by atoms with van der Waals surface area (Å²) in [5.41, 5.74) is -0.607. The molecular weight excluding hydrogens is 173 g/mol. The van der Waals surface area contributed by atoms with E-state index in [1.807, 2.05) is 4.90 Å². The lowest BCUT2D eigenvalue weighted by molar-refractivity contribution is -0.113. The number of hydrogen-bond donors (Lipinski definition) is 0. The molecule has 1 aliphatic rings. The van der Waals surface area contributed by atoms with Crippen LogP contribution in [0.1, 0.15) is 12.8 Å². The molecule has 1 fully saturated rings. The van der Waals surface area contributed by atoms with Crippen LogP contribution in [0.3, 0.4) is 0 Å². The predicted molar refractivity (Wildman–Crippen MR) is 41.3 cm³/mol. The third kappa shape index (κ3) is 1.84. The molecular formula is C6H9Cl2NO. The first-order chi connectivity index (χ1) is 4.72. The van der Waals surface area contributed by atoms with Gasteiger partial charge in [-0.2, -0.15) is 0 Å². The van der Waals surface area contributed by atoms with E-state index in [-0.39, 0.29) is 0 Å². The number of carbonyl (C=O) groups excluding carboxylic acids is 1. The summed E-state index contributed by atoms with van der Waals surface area (Å²) in [5, 5.41) is -0.469. The van der Waals surface area contributed by atoms with Gasteiger partial charge in [0.05, 0.1) is 0 Å². The zero-order valence-electron chi connectivity index (χ0n) is 5.52. The summed E-state index contributed by atoms with van der Waals surface area (Å²) < 4.78 is 0. The molecule has 1 heterocycles. The van der Waals surface area contributed by atoms with Gasteiger partial charge in [0.1, 0.15) is 0 Å². The van der Waals surface area contributed by atoms with Crippen LogP contribution in [-0.4, -0.2) is 28.7 Å². The second-order valence-corrected chi connectivity index (χ2v) is 3.17. The highest BCUT2D eigenvalue weighted by molar-refractivity contribution is 6.69. The topological polar surface area (TPSA) is 20.3 Å². The molecule has 1 aliphatic heterocycles. The SMILES string of the molecule is O=C(Cl)C(Cl)N1CCCC1. The Kier molecular flexibility index (Phi) is 2.96. The average Bonchev–Trinajstić information content (AvgIpc) is 2.36. The first-order valence-corrected chi connectivity index (χ1v) is 4.11. The second-order valence-electron chi connectivity index (χ2n) is 2.38. The number of rotatable bonds is 2. The van der Waals surface area contributed by atoms with E-state index in [9.17, 15) is 4.79 Å². The van der Waals surface area contributed by atoms with Gasteiger partial charge in [0.2, 0.25) is 0 Å². The molecule has 0 aromatic rings. The van der Waals surface area contributed by atoms with Crippen molar-refractivity contribution in [1.29, 1.82) is 0 Å². The number of carbonyl (C=O) groups is 1. The lowest BCUT2D eigenvalue weighted by atomic mass is 10.4. The Morgan fingerprint density at radius 1 is 1.40 bits per heavy atom. The third-order valence-corrected chi connectivity index (χ3v) is 2.44. The molecule has 0 spiro atoms. The minimum atomic E-state index is -0.607.